The number of benzene rings is 1. The zero-order chi connectivity index (χ0) is 22.0. The second kappa shape index (κ2) is 9.17. The molecule has 31 heavy (non-hydrogen) atoms. The molecule has 1 fully saturated rings. The molecule has 2 aliphatic rings. The number of aryl methyl sites for hydroxylation is 1. The molecule has 2 heterocycles. The molecule has 0 unspecified atom stereocenters. The monoisotopic (exact) mass is 445 g/mol. The fraction of sp³-hybridized carbons (Fsp3) is 0.524. The van der Waals surface area contributed by atoms with Crippen molar-refractivity contribution in [3.8, 4) is 11.5 Å². The van der Waals surface area contributed by atoms with Gasteiger partial charge in [0, 0.05) is 32.0 Å². The summed E-state index contributed by atoms with van der Waals surface area (Å²) in [6, 6.07) is 4.31. The van der Waals surface area contributed by atoms with Crippen LogP contribution in [0.25, 0.3) is 0 Å². The van der Waals surface area contributed by atoms with Crippen LogP contribution in [0.4, 0.5) is 0 Å². The van der Waals surface area contributed by atoms with Crippen LogP contribution in [0.1, 0.15) is 42.3 Å². The van der Waals surface area contributed by atoms with Crippen LogP contribution in [-0.4, -0.2) is 58.0 Å². The number of primary amides is 1. The molecular formula is C21H27N5O4S. The summed E-state index contributed by atoms with van der Waals surface area (Å²) in [5, 5.41) is 9.25. The molecule has 0 saturated heterocycles. The van der Waals surface area contributed by atoms with Crippen LogP contribution in [0, 0.1) is 0 Å². The molecule has 4 rings (SSSR count). The molecule has 2 aromatic rings. The lowest BCUT2D eigenvalue weighted by Crippen LogP contribution is -2.37. The largest absolute Gasteiger partial charge is 0.493 e. The summed E-state index contributed by atoms with van der Waals surface area (Å²) >= 11 is 1.40. The summed E-state index contributed by atoms with van der Waals surface area (Å²) in [6.45, 7) is 1.22. The van der Waals surface area contributed by atoms with Gasteiger partial charge in [0.1, 0.15) is 5.82 Å². The van der Waals surface area contributed by atoms with Crippen molar-refractivity contribution in [3.05, 3.63) is 29.1 Å². The molecule has 1 saturated carbocycles. The summed E-state index contributed by atoms with van der Waals surface area (Å²) in [6.07, 6.45) is 3.63. The first-order valence-electron chi connectivity index (χ1n) is 10.4. The topological polar surface area (TPSA) is 113 Å². The Morgan fingerprint density at radius 2 is 1.87 bits per heavy atom. The molecule has 0 atom stereocenters. The van der Waals surface area contributed by atoms with E-state index in [9.17, 15) is 9.59 Å². The van der Waals surface area contributed by atoms with Gasteiger partial charge in [0.05, 0.1) is 20.0 Å². The second-order valence-electron chi connectivity index (χ2n) is 7.80. The minimum Gasteiger partial charge on any atom is -0.493 e. The number of hydrogen-bond donors (Lipinski definition) is 1. The SMILES string of the molecule is COc1cc2c(cc1OC)CN(C(=O)CSc1nnc(CCC(N)=O)n1C1CC1)CC2. The van der Waals surface area contributed by atoms with Gasteiger partial charge in [-0.3, -0.25) is 9.59 Å². The molecule has 0 radical (unpaired) electrons. The molecule has 1 aliphatic carbocycles. The van der Waals surface area contributed by atoms with Gasteiger partial charge in [-0.2, -0.15) is 0 Å². The van der Waals surface area contributed by atoms with Gasteiger partial charge >= 0.3 is 0 Å². The van der Waals surface area contributed by atoms with Gasteiger partial charge in [0.25, 0.3) is 0 Å². The minimum absolute atomic E-state index is 0.0643. The molecule has 2 N–H and O–H groups in total. The number of fused-ring (bicyclic) bond motifs is 1. The maximum atomic E-state index is 12.9. The number of hydrogen-bond acceptors (Lipinski definition) is 7. The third kappa shape index (κ3) is 4.79. The fourth-order valence-corrected chi connectivity index (χ4v) is 4.75. The van der Waals surface area contributed by atoms with Crippen molar-refractivity contribution in [2.45, 2.75) is 49.8 Å². The lowest BCUT2D eigenvalue weighted by molar-refractivity contribution is -0.129. The zero-order valence-electron chi connectivity index (χ0n) is 17.8. The Hall–Kier alpha value is -2.75. The van der Waals surface area contributed by atoms with Crippen LogP contribution in [0.2, 0.25) is 0 Å². The minimum atomic E-state index is -0.352. The fourth-order valence-electron chi connectivity index (χ4n) is 3.82. The number of aromatic nitrogens is 3. The van der Waals surface area contributed by atoms with Crippen LogP contribution < -0.4 is 15.2 Å². The molecule has 166 valence electrons. The predicted octanol–water partition coefficient (Wildman–Crippen LogP) is 1.73. The standard InChI is InChI=1S/C21H27N5O4S/c1-29-16-9-13-7-8-25(11-14(13)10-17(16)30-2)20(28)12-31-21-24-23-19(6-5-18(22)27)26(21)15-3-4-15/h9-10,15H,3-8,11-12H2,1-2H3,(H2,22,27). The highest BCUT2D eigenvalue weighted by Gasteiger charge is 2.30. The van der Waals surface area contributed by atoms with E-state index < -0.39 is 0 Å². The highest BCUT2D eigenvalue weighted by atomic mass is 32.2. The summed E-state index contributed by atoms with van der Waals surface area (Å²) in [5.74, 6) is 2.16. The van der Waals surface area contributed by atoms with Gasteiger partial charge in [-0.1, -0.05) is 11.8 Å². The van der Waals surface area contributed by atoms with E-state index in [1.165, 1.54) is 17.3 Å². The Labute approximate surface area is 185 Å². The molecular weight excluding hydrogens is 418 g/mol. The number of methoxy groups -OCH3 is 2. The number of nitrogens with zero attached hydrogens (tertiary/aromatic N) is 4. The number of carbonyl (C=O) groups is 2. The number of rotatable bonds is 9. The average Bonchev–Trinajstić information content (AvgIpc) is 3.54. The molecule has 1 aliphatic heterocycles. The first kappa shape index (κ1) is 21.5. The smallest absolute Gasteiger partial charge is 0.233 e. The van der Waals surface area contributed by atoms with Gasteiger partial charge < -0.3 is 24.7 Å². The Balaban J connectivity index is 1.40. The van der Waals surface area contributed by atoms with Crippen LogP contribution in [0.3, 0.4) is 0 Å². The highest BCUT2D eigenvalue weighted by Crippen LogP contribution is 2.39. The number of nitrogens with two attached hydrogens (primary N) is 1. The van der Waals surface area contributed by atoms with Gasteiger partial charge in [-0.15, -0.1) is 10.2 Å². The maximum absolute atomic E-state index is 12.9. The molecule has 9 nitrogen and oxygen atoms in total. The zero-order valence-corrected chi connectivity index (χ0v) is 18.6. The van der Waals surface area contributed by atoms with E-state index in [4.69, 9.17) is 15.2 Å². The molecule has 1 aromatic carbocycles. The lowest BCUT2D eigenvalue weighted by Gasteiger charge is -2.29. The number of ether oxygens (including phenoxy) is 2. The number of carbonyl (C=O) groups excluding carboxylic acids is 2. The van der Waals surface area contributed by atoms with Crippen LogP contribution in [-0.2, 0) is 29.0 Å². The van der Waals surface area contributed by atoms with Gasteiger partial charge in [-0.05, 0) is 42.5 Å². The second-order valence-corrected chi connectivity index (χ2v) is 8.74. The highest BCUT2D eigenvalue weighted by molar-refractivity contribution is 7.99. The van der Waals surface area contributed by atoms with Gasteiger partial charge in [0.2, 0.25) is 11.8 Å². The summed E-state index contributed by atoms with van der Waals surface area (Å²) in [7, 11) is 3.24. The first-order valence-corrected chi connectivity index (χ1v) is 11.3. The van der Waals surface area contributed by atoms with Crippen molar-refractivity contribution < 1.29 is 19.1 Å². The van der Waals surface area contributed by atoms with E-state index >= 15 is 0 Å². The summed E-state index contributed by atoms with van der Waals surface area (Å²) in [4.78, 5) is 25.9. The van der Waals surface area contributed by atoms with Crippen molar-refractivity contribution in [1.82, 2.24) is 19.7 Å². The van der Waals surface area contributed by atoms with Crippen LogP contribution in [0.15, 0.2) is 17.3 Å². The van der Waals surface area contributed by atoms with E-state index in [0.29, 0.717) is 42.8 Å². The van der Waals surface area contributed by atoms with E-state index in [1.54, 1.807) is 14.2 Å². The Morgan fingerprint density at radius 1 is 1.16 bits per heavy atom. The summed E-state index contributed by atoms with van der Waals surface area (Å²) < 4.78 is 12.9. The molecule has 1 aromatic heterocycles. The van der Waals surface area contributed by atoms with E-state index in [1.807, 2.05) is 17.0 Å². The van der Waals surface area contributed by atoms with E-state index in [0.717, 1.165) is 35.8 Å². The van der Waals surface area contributed by atoms with Crippen molar-refractivity contribution in [2.75, 3.05) is 26.5 Å². The third-order valence-corrected chi connectivity index (χ3v) is 6.57. The van der Waals surface area contributed by atoms with Crippen molar-refractivity contribution in [1.29, 1.82) is 0 Å². The molecule has 0 spiro atoms. The van der Waals surface area contributed by atoms with Crippen molar-refractivity contribution >= 4 is 23.6 Å². The van der Waals surface area contributed by atoms with Crippen molar-refractivity contribution in [3.63, 3.8) is 0 Å². The van der Waals surface area contributed by atoms with Crippen molar-refractivity contribution in [2.24, 2.45) is 5.73 Å². The average molecular weight is 446 g/mol. The van der Waals surface area contributed by atoms with Gasteiger partial charge in [-0.25, -0.2) is 0 Å². The number of amides is 2. The third-order valence-electron chi connectivity index (χ3n) is 5.64. The maximum Gasteiger partial charge on any atom is 0.233 e. The van der Waals surface area contributed by atoms with Gasteiger partial charge in [0.15, 0.2) is 16.7 Å². The summed E-state index contributed by atoms with van der Waals surface area (Å²) in [5.41, 5.74) is 7.53. The first-order chi connectivity index (χ1) is 15.0. The van der Waals surface area contributed by atoms with Crippen LogP contribution in [0.5, 0.6) is 11.5 Å². The predicted molar refractivity (Wildman–Crippen MR) is 115 cm³/mol. The normalized spacial score (nSPS) is 15.5. The van der Waals surface area contributed by atoms with Crippen LogP contribution >= 0.6 is 11.8 Å². The Bertz CT molecular complexity index is 988. The van der Waals surface area contributed by atoms with E-state index in [-0.39, 0.29) is 18.2 Å². The molecule has 10 heteroatoms. The molecule has 0 bridgehead atoms. The number of thioether (sulfide) groups is 1. The van der Waals surface area contributed by atoms with E-state index in [2.05, 4.69) is 14.8 Å². The lowest BCUT2D eigenvalue weighted by atomic mass is 9.99. The molecule has 2 amide bonds. The Kier molecular flexibility index (Phi) is 6.35. The quantitative estimate of drug-likeness (QED) is 0.585. The Morgan fingerprint density at radius 3 is 2.52 bits per heavy atom.